The highest BCUT2D eigenvalue weighted by atomic mass is 16.6. The lowest BCUT2D eigenvalue weighted by atomic mass is 10.0. The van der Waals surface area contributed by atoms with Crippen LogP contribution in [0.4, 0.5) is 0 Å². The lowest BCUT2D eigenvalue weighted by Gasteiger charge is -2.08. The molecule has 1 aliphatic heterocycles. The summed E-state index contributed by atoms with van der Waals surface area (Å²) in [5, 5.41) is 0. The molecule has 0 aliphatic carbocycles. The molecule has 0 atom stereocenters. The minimum absolute atomic E-state index is 0.931. The molecule has 2 nitrogen and oxygen atoms in total. The van der Waals surface area contributed by atoms with E-state index < -0.39 is 0 Å². The number of hydrogen-bond acceptors (Lipinski definition) is 2. The second-order valence-corrected chi connectivity index (χ2v) is 9.04. The van der Waals surface area contributed by atoms with Crippen molar-refractivity contribution in [1.29, 1.82) is 0 Å². The van der Waals surface area contributed by atoms with E-state index in [0.29, 0.717) is 0 Å². The molecule has 0 saturated carbocycles. The number of aryl methyl sites for hydroxylation is 2. The van der Waals surface area contributed by atoms with Crippen molar-refractivity contribution in [2.75, 3.05) is 13.2 Å². The van der Waals surface area contributed by atoms with Crippen molar-refractivity contribution < 1.29 is 9.47 Å². The summed E-state index contributed by atoms with van der Waals surface area (Å²) < 4.78 is 10.5. The quantitative estimate of drug-likeness (QED) is 0.192. The van der Waals surface area contributed by atoms with Crippen LogP contribution in [0.5, 0.6) is 11.5 Å². The van der Waals surface area contributed by atoms with Crippen LogP contribution >= 0.6 is 0 Å². The maximum absolute atomic E-state index is 6.03. The van der Waals surface area contributed by atoms with Crippen LogP contribution in [0, 0.1) is 0 Å². The minimum Gasteiger partial charge on any atom is -0.457 e. The molecule has 1 saturated heterocycles. The second kappa shape index (κ2) is 17.7. The standard InChI is InChI=1S/C28H42O.C2H4O/c1-3-5-7-9-11-13-15-25-17-21-27(22-18-25)29-28-23-19-26(20-24-28)16-14-12-10-8-6-4-2;1-2-3-1/h17-24H,3-16H2,1-2H3;1-2H2. The zero-order valence-electron chi connectivity index (χ0n) is 20.7. The summed E-state index contributed by atoms with van der Waals surface area (Å²) in [4.78, 5) is 0. The van der Waals surface area contributed by atoms with E-state index >= 15 is 0 Å². The summed E-state index contributed by atoms with van der Waals surface area (Å²) >= 11 is 0. The van der Waals surface area contributed by atoms with E-state index in [-0.39, 0.29) is 0 Å². The predicted molar refractivity (Wildman–Crippen MR) is 138 cm³/mol. The van der Waals surface area contributed by atoms with Gasteiger partial charge >= 0.3 is 0 Å². The third-order valence-electron chi connectivity index (χ3n) is 5.92. The summed E-state index contributed by atoms with van der Waals surface area (Å²) in [5.41, 5.74) is 2.84. The van der Waals surface area contributed by atoms with Gasteiger partial charge in [-0.1, -0.05) is 102 Å². The van der Waals surface area contributed by atoms with E-state index in [0.717, 1.165) is 24.7 Å². The molecule has 1 aliphatic rings. The summed E-state index contributed by atoms with van der Waals surface area (Å²) in [6.07, 6.45) is 18.6. The number of unbranched alkanes of at least 4 members (excludes halogenated alkanes) is 10. The van der Waals surface area contributed by atoms with Gasteiger partial charge in [0.25, 0.3) is 0 Å². The smallest absolute Gasteiger partial charge is 0.127 e. The molecule has 0 amide bonds. The van der Waals surface area contributed by atoms with E-state index in [2.05, 4.69) is 67.1 Å². The highest BCUT2D eigenvalue weighted by Crippen LogP contribution is 2.23. The molecular weight excluding hydrogens is 392 g/mol. The van der Waals surface area contributed by atoms with Crippen LogP contribution in [0.1, 0.15) is 102 Å². The Labute approximate surface area is 197 Å². The van der Waals surface area contributed by atoms with Crippen molar-refractivity contribution in [3.8, 4) is 11.5 Å². The molecule has 0 N–H and O–H groups in total. The van der Waals surface area contributed by atoms with E-state index in [9.17, 15) is 0 Å². The lowest BCUT2D eigenvalue weighted by molar-refractivity contribution is 0.475. The van der Waals surface area contributed by atoms with Crippen molar-refractivity contribution in [1.82, 2.24) is 0 Å². The first-order chi connectivity index (χ1) is 15.8. The van der Waals surface area contributed by atoms with Gasteiger partial charge in [0.1, 0.15) is 11.5 Å². The van der Waals surface area contributed by atoms with Gasteiger partial charge in [-0.3, -0.25) is 0 Å². The van der Waals surface area contributed by atoms with Gasteiger partial charge in [0.15, 0.2) is 0 Å². The Bertz CT molecular complexity index is 613. The fourth-order valence-electron chi connectivity index (χ4n) is 3.80. The van der Waals surface area contributed by atoms with Crippen LogP contribution in [0.2, 0.25) is 0 Å². The third-order valence-corrected chi connectivity index (χ3v) is 5.92. The van der Waals surface area contributed by atoms with Crippen molar-refractivity contribution >= 4 is 0 Å². The average molecular weight is 439 g/mol. The third kappa shape index (κ3) is 13.6. The van der Waals surface area contributed by atoms with Crippen LogP contribution in [0.25, 0.3) is 0 Å². The fourth-order valence-corrected chi connectivity index (χ4v) is 3.80. The first kappa shape index (κ1) is 26.5. The van der Waals surface area contributed by atoms with Crippen molar-refractivity contribution in [3.05, 3.63) is 59.7 Å². The molecule has 1 heterocycles. The van der Waals surface area contributed by atoms with Gasteiger partial charge in [0.2, 0.25) is 0 Å². The van der Waals surface area contributed by atoms with Crippen molar-refractivity contribution in [2.24, 2.45) is 0 Å². The maximum Gasteiger partial charge on any atom is 0.127 e. The summed E-state index contributed by atoms with van der Waals surface area (Å²) in [7, 11) is 0. The van der Waals surface area contributed by atoms with Crippen molar-refractivity contribution in [3.63, 3.8) is 0 Å². The Hall–Kier alpha value is -1.80. The molecule has 1 fully saturated rings. The minimum atomic E-state index is 0.931. The maximum atomic E-state index is 6.03. The van der Waals surface area contributed by atoms with Gasteiger partial charge in [-0.2, -0.15) is 0 Å². The second-order valence-electron chi connectivity index (χ2n) is 9.04. The van der Waals surface area contributed by atoms with E-state index in [1.54, 1.807) is 0 Å². The monoisotopic (exact) mass is 438 g/mol. The normalized spacial score (nSPS) is 12.2. The molecule has 2 aromatic carbocycles. The van der Waals surface area contributed by atoms with Crippen LogP contribution in [-0.4, -0.2) is 13.2 Å². The number of hydrogen-bond donors (Lipinski definition) is 0. The fraction of sp³-hybridized carbons (Fsp3) is 0.600. The van der Waals surface area contributed by atoms with E-state index in [1.807, 2.05) is 0 Å². The van der Waals surface area contributed by atoms with Gasteiger partial charge in [-0.25, -0.2) is 0 Å². The highest BCUT2D eigenvalue weighted by molar-refractivity contribution is 5.34. The molecule has 2 aromatic rings. The van der Waals surface area contributed by atoms with Crippen LogP contribution < -0.4 is 4.74 Å². The first-order valence-electron chi connectivity index (χ1n) is 13.2. The molecule has 2 heteroatoms. The van der Waals surface area contributed by atoms with Crippen LogP contribution in [0.3, 0.4) is 0 Å². The zero-order valence-corrected chi connectivity index (χ0v) is 20.7. The van der Waals surface area contributed by atoms with Gasteiger partial charge in [-0.15, -0.1) is 0 Å². The molecule has 0 aromatic heterocycles. The lowest BCUT2D eigenvalue weighted by Crippen LogP contribution is -1.89. The Balaban J connectivity index is 0.00000111. The number of benzene rings is 2. The van der Waals surface area contributed by atoms with Gasteiger partial charge in [0, 0.05) is 0 Å². The molecule has 0 spiro atoms. The topological polar surface area (TPSA) is 21.8 Å². The van der Waals surface area contributed by atoms with Gasteiger partial charge in [-0.05, 0) is 61.1 Å². The molecular formula is C30H46O2. The number of epoxide rings is 1. The summed E-state index contributed by atoms with van der Waals surface area (Å²) in [6, 6.07) is 17.3. The van der Waals surface area contributed by atoms with Crippen LogP contribution in [0.15, 0.2) is 48.5 Å². The largest absolute Gasteiger partial charge is 0.457 e. The number of ether oxygens (including phenoxy) is 2. The van der Waals surface area contributed by atoms with Crippen LogP contribution in [-0.2, 0) is 17.6 Å². The van der Waals surface area contributed by atoms with Crippen molar-refractivity contribution in [2.45, 2.75) is 104 Å². The molecule has 0 bridgehead atoms. The van der Waals surface area contributed by atoms with E-state index in [1.165, 1.54) is 101 Å². The Morgan fingerprint density at radius 3 is 1.22 bits per heavy atom. The predicted octanol–water partition coefficient (Wildman–Crippen LogP) is 9.30. The van der Waals surface area contributed by atoms with E-state index in [4.69, 9.17) is 4.74 Å². The van der Waals surface area contributed by atoms with Gasteiger partial charge < -0.3 is 9.47 Å². The molecule has 3 rings (SSSR count). The Kier molecular flexibility index (Phi) is 14.6. The Morgan fingerprint density at radius 1 is 0.531 bits per heavy atom. The molecule has 0 radical (unpaired) electrons. The number of rotatable bonds is 16. The average Bonchev–Trinajstić information content (AvgIpc) is 3.70. The highest BCUT2D eigenvalue weighted by Gasteiger charge is 2.00. The molecule has 32 heavy (non-hydrogen) atoms. The zero-order chi connectivity index (χ0) is 22.7. The molecule has 178 valence electrons. The SMILES string of the molecule is C1CO1.CCCCCCCCc1ccc(Oc2ccc(CCCCCCCC)cc2)cc1. The summed E-state index contributed by atoms with van der Waals surface area (Å²) in [5.74, 6) is 1.86. The first-order valence-corrected chi connectivity index (χ1v) is 13.2. The van der Waals surface area contributed by atoms with Gasteiger partial charge in [0.05, 0.1) is 13.2 Å². The Morgan fingerprint density at radius 2 is 0.875 bits per heavy atom. The molecule has 0 unspecified atom stereocenters. The summed E-state index contributed by atoms with van der Waals surface area (Å²) in [6.45, 7) is 6.54.